The number of hydrogen-bond donors (Lipinski definition) is 2. The van der Waals surface area contributed by atoms with Gasteiger partial charge in [-0.3, -0.25) is 4.68 Å². The van der Waals surface area contributed by atoms with E-state index in [4.69, 9.17) is 10.5 Å². The molecule has 1 saturated carbocycles. The molecule has 1 heterocycles. The number of rotatable bonds is 5. The van der Waals surface area contributed by atoms with Gasteiger partial charge in [0.1, 0.15) is 11.3 Å². The first-order chi connectivity index (χ1) is 9.37. The monoisotopic (exact) mass is 281 g/mol. The molecule has 3 N–H and O–H groups in total. The van der Waals surface area contributed by atoms with Crippen LogP contribution < -0.4 is 11.1 Å². The Bertz CT molecular complexity index is 462. The van der Waals surface area contributed by atoms with Crippen LogP contribution in [0.15, 0.2) is 6.20 Å². The Balaban J connectivity index is 1.93. The van der Waals surface area contributed by atoms with E-state index in [0.29, 0.717) is 5.69 Å². The Labute approximate surface area is 118 Å². The van der Waals surface area contributed by atoms with Crippen LogP contribution in [0.25, 0.3) is 0 Å². The molecule has 1 aliphatic rings. The summed E-state index contributed by atoms with van der Waals surface area (Å²) in [6, 6.07) is -0.377. The van der Waals surface area contributed by atoms with Gasteiger partial charge < -0.3 is 15.8 Å². The van der Waals surface area contributed by atoms with E-state index in [0.717, 1.165) is 12.5 Å². The van der Waals surface area contributed by atoms with Crippen LogP contribution in [0.2, 0.25) is 0 Å². The van der Waals surface area contributed by atoms with E-state index in [1.807, 2.05) is 31.6 Å². The first-order valence-electron chi connectivity index (χ1n) is 6.97. The van der Waals surface area contributed by atoms with Gasteiger partial charge in [0.05, 0.1) is 12.2 Å². The second kappa shape index (κ2) is 5.78. The lowest BCUT2D eigenvalue weighted by atomic mass is 10.2. The molecule has 1 amide bonds. The highest BCUT2D eigenvalue weighted by Crippen LogP contribution is 2.30. The molecular formula is C13H23N5O2. The van der Waals surface area contributed by atoms with Gasteiger partial charge >= 0.3 is 6.09 Å². The molecule has 0 saturated heterocycles. The maximum atomic E-state index is 11.8. The molecule has 20 heavy (non-hydrogen) atoms. The fraction of sp³-hybridized carbons (Fsp3) is 0.769. The number of nitrogens with one attached hydrogen (secondary N) is 1. The van der Waals surface area contributed by atoms with Crippen molar-refractivity contribution in [2.75, 3.05) is 6.54 Å². The van der Waals surface area contributed by atoms with Crippen LogP contribution in [-0.4, -0.2) is 33.2 Å². The van der Waals surface area contributed by atoms with E-state index in [2.05, 4.69) is 15.6 Å². The van der Waals surface area contributed by atoms with E-state index < -0.39 is 11.7 Å². The van der Waals surface area contributed by atoms with Gasteiger partial charge in [-0.2, -0.15) is 0 Å². The number of carbonyl (C=O) groups is 1. The van der Waals surface area contributed by atoms with Crippen molar-refractivity contribution in [1.29, 1.82) is 0 Å². The molecule has 1 atom stereocenters. The van der Waals surface area contributed by atoms with E-state index >= 15 is 0 Å². The molecule has 112 valence electrons. The lowest BCUT2D eigenvalue weighted by Crippen LogP contribution is -2.37. The summed E-state index contributed by atoms with van der Waals surface area (Å²) >= 11 is 0. The third-order valence-corrected chi connectivity index (χ3v) is 2.98. The van der Waals surface area contributed by atoms with Gasteiger partial charge in [-0.25, -0.2) is 4.79 Å². The molecule has 7 heteroatoms. The zero-order valence-corrected chi connectivity index (χ0v) is 12.3. The van der Waals surface area contributed by atoms with E-state index in [1.165, 1.54) is 12.8 Å². The van der Waals surface area contributed by atoms with Crippen molar-refractivity contribution in [3.63, 3.8) is 0 Å². The molecule has 0 aliphatic heterocycles. The van der Waals surface area contributed by atoms with Gasteiger partial charge in [-0.1, -0.05) is 5.21 Å². The standard InChI is InChI=1S/C13H23N5O2/c1-13(2,3)20-12(19)15-10(6-14)11-8-18(17-16-11)7-9-4-5-9/h8-10H,4-7,14H2,1-3H3,(H,15,19). The van der Waals surface area contributed by atoms with Gasteiger partial charge in [-0.05, 0) is 39.5 Å². The molecule has 0 aromatic carbocycles. The van der Waals surface area contributed by atoms with Gasteiger partial charge in [0.25, 0.3) is 0 Å². The van der Waals surface area contributed by atoms with E-state index in [1.54, 1.807) is 0 Å². The molecule has 0 spiro atoms. The molecule has 1 unspecified atom stereocenters. The van der Waals surface area contributed by atoms with Crippen molar-refractivity contribution in [2.45, 2.75) is 51.8 Å². The zero-order valence-electron chi connectivity index (χ0n) is 12.3. The number of carbonyl (C=O) groups excluding carboxylic acids is 1. The predicted octanol–water partition coefficient (Wildman–Crippen LogP) is 1.21. The Morgan fingerprint density at radius 3 is 2.85 bits per heavy atom. The minimum absolute atomic E-state index is 0.251. The summed E-state index contributed by atoms with van der Waals surface area (Å²) in [6.45, 7) is 6.58. The summed E-state index contributed by atoms with van der Waals surface area (Å²) in [6.07, 6.45) is 3.86. The first kappa shape index (κ1) is 14.8. The third kappa shape index (κ3) is 4.48. The van der Waals surface area contributed by atoms with Crippen molar-refractivity contribution >= 4 is 6.09 Å². The topological polar surface area (TPSA) is 95.1 Å². The fourth-order valence-corrected chi connectivity index (χ4v) is 1.83. The smallest absolute Gasteiger partial charge is 0.408 e. The largest absolute Gasteiger partial charge is 0.444 e. The SMILES string of the molecule is CC(C)(C)OC(=O)NC(CN)c1cn(CC2CC2)nn1. The Morgan fingerprint density at radius 1 is 1.60 bits per heavy atom. The summed E-state index contributed by atoms with van der Waals surface area (Å²) in [5.74, 6) is 0.722. The average Bonchev–Trinajstić information content (AvgIpc) is 3.00. The third-order valence-electron chi connectivity index (χ3n) is 2.98. The van der Waals surface area contributed by atoms with Crippen LogP contribution in [0.5, 0.6) is 0 Å². The molecule has 1 aromatic rings. The number of ether oxygens (including phenoxy) is 1. The van der Waals surface area contributed by atoms with Crippen molar-refractivity contribution in [2.24, 2.45) is 11.7 Å². The van der Waals surface area contributed by atoms with Gasteiger partial charge in [-0.15, -0.1) is 5.10 Å². The molecule has 7 nitrogen and oxygen atoms in total. The Morgan fingerprint density at radius 2 is 2.30 bits per heavy atom. The molecule has 1 aliphatic carbocycles. The normalized spacial score (nSPS) is 16.8. The molecule has 0 radical (unpaired) electrons. The van der Waals surface area contributed by atoms with Crippen LogP contribution in [0.4, 0.5) is 4.79 Å². The second-order valence-electron chi connectivity index (χ2n) is 6.24. The number of amides is 1. The van der Waals surface area contributed by atoms with E-state index in [9.17, 15) is 4.79 Å². The van der Waals surface area contributed by atoms with Crippen LogP contribution in [0.3, 0.4) is 0 Å². The summed E-state index contributed by atoms with van der Waals surface area (Å²) in [4.78, 5) is 11.8. The summed E-state index contributed by atoms with van der Waals surface area (Å²) < 4.78 is 7.02. The van der Waals surface area contributed by atoms with Crippen molar-refractivity contribution < 1.29 is 9.53 Å². The van der Waals surface area contributed by atoms with Crippen molar-refractivity contribution in [3.8, 4) is 0 Å². The van der Waals surface area contributed by atoms with Gasteiger partial charge in [0.15, 0.2) is 0 Å². The molecule has 2 rings (SSSR count). The molecule has 1 fully saturated rings. The van der Waals surface area contributed by atoms with Gasteiger partial charge in [0, 0.05) is 13.1 Å². The minimum atomic E-state index is -0.535. The van der Waals surface area contributed by atoms with Crippen LogP contribution >= 0.6 is 0 Å². The van der Waals surface area contributed by atoms with Crippen molar-refractivity contribution in [1.82, 2.24) is 20.3 Å². The first-order valence-corrected chi connectivity index (χ1v) is 6.97. The van der Waals surface area contributed by atoms with E-state index in [-0.39, 0.29) is 12.6 Å². The maximum Gasteiger partial charge on any atom is 0.408 e. The van der Waals surface area contributed by atoms with Gasteiger partial charge in [0.2, 0.25) is 0 Å². The second-order valence-corrected chi connectivity index (χ2v) is 6.24. The number of aromatic nitrogens is 3. The maximum absolute atomic E-state index is 11.8. The fourth-order valence-electron chi connectivity index (χ4n) is 1.83. The summed E-state index contributed by atoms with van der Waals surface area (Å²) in [7, 11) is 0. The summed E-state index contributed by atoms with van der Waals surface area (Å²) in [5.41, 5.74) is 5.82. The highest BCUT2D eigenvalue weighted by Gasteiger charge is 2.24. The number of hydrogen-bond acceptors (Lipinski definition) is 5. The molecule has 1 aromatic heterocycles. The highest BCUT2D eigenvalue weighted by atomic mass is 16.6. The number of nitrogens with zero attached hydrogens (tertiary/aromatic N) is 3. The zero-order chi connectivity index (χ0) is 14.8. The summed E-state index contributed by atoms with van der Waals surface area (Å²) in [5, 5.41) is 10.9. The predicted molar refractivity (Wildman–Crippen MR) is 73.9 cm³/mol. The number of nitrogens with two attached hydrogens (primary N) is 1. The van der Waals surface area contributed by atoms with Crippen molar-refractivity contribution in [3.05, 3.63) is 11.9 Å². The Hall–Kier alpha value is -1.63. The Kier molecular flexibility index (Phi) is 4.27. The lowest BCUT2D eigenvalue weighted by molar-refractivity contribution is 0.0504. The molecular weight excluding hydrogens is 258 g/mol. The molecule has 0 bridgehead atoms. The highest BCUT2D eigenvalue weighted by molar-refractivity contribution is 5.68. The minimum Gasteiger partial charge on any atom is -0.444 e. The average molecular weight is 281 g/mol. The van der Waals surface area contributed by atoms with Crippen LogP contribution in [0, 0.1) is 5.92 Å². The lowest BCUT2D eigenvalue weighted by Gasteiger charge is -2.22. The van der Waals surface area contributed by atoms with Crippen LogP contribution in [-0.2, 0) is 11.3 Å². The van der Waals surface area contributed by atoms with Crippen LogP contribution in [0.1, 0.15) is 45.3 Å². The number of alkyl carbamates (subject to hydrolysis) is 1. The quantitative estimate of drug-likeness (QED) is 0.846.